The molecule has 1 amide bonds. The third-order valence-electron chi connectivity index (χ3n) is 4.81. The number of nitrogens with one attached hydrogen (secondary N) is 1. The molecule has 3 aromatic rings. The van der Waals surface area contributed by atoms with Crippen molar-refractivity contribution in [2.45, 2.75) is 37.8 Å². The fourth-order valence-electron chi connectivity index (χ4n) is 3.38. The summed E-state index contributed by atoms with van der Waals surface area (Å²) in [5, 5.41) is 3.91. The second-order valence-corrected chi connectivity index (χ2v) is 7.35. The van der Waals surface area contributed by atoms with Gasteiger partial charge in [0.05, 0.1) is 22.0 Å². The van der Waals surface area contributed by atoms with E-state index in [0.29, 0.717) is 17.6 Å². The number of carbonyl (C=O) groups is 1. The second kappa shape index (κ2) is 7.47. The molecule has 134 valence electrons. The molecule has 1 aliphatic rings. The number of thiazole rings is 1. The number of amides is 1. The summed E-state index contributed by atoms with van der Waals surface area (Å²) in [6.07, 6.45) is 5.82. The molecule has 2 aromatic heterocycles. The number of methoxy groups -OCH3 is 1. The van der Waals surface area contributed by atoms with Crippen molar-refractivity contribution in [1.29, 1.82) is 0 Å². The molecule has 1 aliphatic carbocycles. The zero-order valence-corrected chi connectivity index (χ0v) is 15.3. The zero-order chi connectivity index (χ0) is 17.9. The molecule has 1 saturated carbocycles. The first-order valence-electron chi connectivity index (χ1n) is 8.74. The number of carbonyl (C=O) groups excluding carboxylic acids is 1. The van der Waals surface area contributed by atoms with Crippen molar-refractivity contribution >= 4 is 28.1 Å². The summed E-state index contributed by atoms with van der Waals surface area (Å²) in [5.74, 6) is 0.398. The minimum absolute atomic E-state index is 0.143. The molecule has 7 heteroatoms. The van der Waals surface area contributed by atoms with Crippen LogP contribution in [0, 0.1) is 0 Å². The summed E-state index contributed by atoms with van der Waals surface area (Å²) in [7, 11) is 1.75. The lowest BCUT2D eigenvalue weighted by Crippen LogP contribution is -2.39. The van der Waals surface area contributed by atoms with Crippen molar-refractivity contribution in [2.24, 2.45) is 0 Å². The molecule has 4 rings (SSSR count). The Hall–Kier alpha value is -2.38. The summed E-state index contributed by atoms with van der Waals surface area (Å²) in [4.78, 5) is 27.0. The van der Waals surface area contributed by atoms with Crippen LogP contribution in [0.1, 0.15) is 36.2 Å². The first-order valence-corrected chi connectivity index (χ1v) is 9.62. The number of hydrogen-bond donors (Lipinski definition) is 1. The second-order valence-electron chi connectivity index (χ2n) is 6.46. The van der Waals surface area contributed by atoms with Gasteiger partial charge in [0.25, 0.3) is 5.91 Å². The number of rotatable bonds is 4. The van der Waals surface area contributed by atoms with Gasteiger partial charge >= 0.3 is 0 Å². The van der Waals surface area contributed by atoms with Crippen LogP contribution in [-0.2, 0) is 4.74 Å². The van der Waals surface area contributed by atoms with Gasteiger partial charge in [-0.2, -0.15) is 0 Å². The molecule has 6 nitrogen and oxygen atoms in total. The molecule has 0 saturated heterocycles. The molecule has 0 spiro atoms. The Morgan fingerprint density at radius 2 is 2.00 bits per heavy atom. The standard InChI is InChI=1S/C19H20N4O2S/c1-25-13-8-6-12(7-9-13)21-19(24)17-14-4-2-3-5-15(14)22-18(23-17)16-10-20-11-26-16/h2-5,10-13H,6-9H2,1H3,(H,21,24)/t12-,13-. The largest absolute Gasteiger partial charge is 0.381 e. The molecular weight excluding hydrogens is 348 g/mol. The molecule has 1 N–H and O–H groups in total. The van der Waals surface area contributed by atoms with Crippen molar-refractivity contribution in [3.8, 4) is 10.7 Å². The van der Waals surface area contributed by atoms with Crippen LogP contribution in [0.2, 0.25) is 0 Å². The van der Waals surface area contributed by atoms with Crippen LogP contribution >= 0.6 is 11.3 Å². The van der Waals surface area contributed by atoms with Crippen LogP contribution in [0.5, 0.6) is 0 Å². The Morgan fingerprint density at radius 3 is 2.73 bits per heavy atom. The van der Waals surface area contributed by atoms with Crippen LogP contribution in [-0.4, -0.2) is 40.1 Å². The molecule has 0 aliphatic heterocycles. The van der Waals surface area contributed by atoms with E-state index >= 15 is 0 Å². The van der Waals surface area contributed by atoms with Gasteiger partial charge in [0, 0.05) is 24.7 Å². The molecular formula is C19H20N4O2S. The van der Waals surface area contributed by atoms with Crippen LogP contribution in [0.4, 0.5) is 0 Å². The molecule has 0 bridgehead atoms. The normalized spacial score (nSPS) is 20.2. The molecule has 0 atom stereocenters. The van der Waals surface area contributed by atoms with Gasteiger partial charge in [0.1, 0.15) is 5.69 Å². The van der Waals surface area contributed by atoms with Gasteiger partial charge in [-0.25, -0.2) is 9.97 Å². The highest BCUT2D eigenvalue weighted by molar-refractivity contribution is 7.13. The smallest absolute Gasteiger partial charge is 0.270 e. The van der Waals surface area contributed by atoms with Crippen LogP contribution in [0.3, 0.4) is 0 Å². The predicted molar refractivity (Wildman–Crippen MR) is 101 cm³/mol. The number of hydrogen-bond acceptors (Lipinski definition) is 6. The number of nitrogens with zero attached hydrogens (tertiary/aromatic N) is 3. The van der Waals surface area contributed by atoms with Gasteiger partial charge in [-0.1, -0.05) is 18.2 Å². The maximum atomic E-state index is 13.0. The first-order chi connectivity index (χ1) is 12.7. The molecule has 1 fully saturated rings. The predicted octanol–water partition coefficient (Wildman–Crippen LogP) is 3.44. The van der Waals surface area contributed by atoms with E-state index in [9.17, 15) is 4.79 Å². The minimum atomic E-state index is -0.143. The van der Waals surface area contributed by atoms with E-state index < -0.39 is 0 Å². The average molecular weight is 368 g/mol. The summed E-state index contributed by atoms with van der Waals surface area (Å²) >= 11 is 1.46. The van der Waals surface area contributed by atoms with E-state index in [1.165, 1.54) is 11.3 Å². The van der Waals surface area contributed by atoms with Gasteiger partial charge < -0.3 is 10.1 Å². The average Bonchev–Trinajstić information content (AvgIpc) is 3.22. The molecule has 26 heavy (non-hydrogen) atoms. The molecule has 0 unspecified atom stereocenters. The molecule has 1 aromatic carbocycles. The third-order valence-corrected chi connectivity index (χ3v) is 5.58. The van der Waals surface area contributed by atoms with Gasteiger partial charge in [-0.3, -0.25) is 9.78 Å². The lowest BCUT2D eigenvalue weighted by atomic mass is 9.93. The number of benzene rings is 1. The fraction of sp³-hybridized carbons (Fsp3) is 0.368. The Kier molecular flexibility index (Phi) is 4.90. The van der Waals surface area contributed by atoms with Crippen molar-refractivity contribution in [3.63, 3.8) is 0 Å². The maximum Gasteiger partial charge on any atom is 0.270 e. The van der Waals surface area contributed by atoms with Crippen LogP contribution in [0.25, 0.3) is 21.6 Å². The maximum absolute atomic E-state index is 13.0. The SMILES string of the molecule is CO[C@H]1CC[C@H](NC(=O)c2nc(-c3cncs3)nc3ccccc23)CC1. The van der Waals surface area contributed by atoms with E-state index in [0.717, 1.165) is 41.5 Å². The van der Waals surface area contributed by atoms with E-state index in [-0.39, 0.29) is 11.9 Å². The zero-order valence-electron chi connectivity index (χ0n) is 14.5. The number of ether oxygens (including phenoxy) is 1. The van der Waals surface area contributed by atoms with E-state index in [1.54, 1.807) is 18.8 Å². The molecule has 2 heterocycles. The summed E-state index contributed by atoms with van der Waals surface area (Å²) in [5.41, 5.74) is 2.93. The highest BCUT2D eigenvalue weighted by Gasteiger charge is 2.24. The number of fused-ring (bicyclic) bond motifs is 1. The number of aromatic nitrogens is 3. The monoisotopic (exact) mass is 368 g/mol. The van der Waals surface area contributed by atoms with E-state index in [1.807, 2.05) is 24.3 Å². The van der Waals surface area contributed by atoms with E-state index in [2.05, 4.69) is 20.3 Å². The fourth-order valence-corrected chi connectivity index (χ4v) is 3.94. The van der Waals surface area contributed by atoms with Gasteiger partial charge in [-0.15, -0.1) is 11.3 Å². The summed E-state index contributed by atoms with van der Waals surface area (Å²) in [6, 6.07) is 7.78. The Morgan fingerprint density at radius 1 is 1.19 bits per heavy atom. The Bertz CT molecular complexity index is 905. The van der Waals surface area contributed by atoms with Gasteiger partial charge in [0.15, 0.2) is 5.82 Å². The summed E-state index contributed by atoms with van der Waals surface area (Å²) in [6.45, 7) is 0. The van der Waals surface area contributed by atoms with Crippen molar-refractivity contribution < 1.29 is 9.53 Å². The van der Waals surface area contributed by atoms with Crippen LogP contribution in [0.15, 0.2) is 36.0 Å². The Labute approximate surface area is 155 Å². The van der Waals surface area contributed by atoms with E-state index in [4.69, 9.17) is 4.74 Å². The van der Waals surface area contributed by atoms with Crippen LogP contribution < -0.4 is 5.32 Å². The van der Waals surface area contributed by atoms with Crippen molar-refractivity contribution in [1.82, 2.24) is 20.3 Å². The highest BCUT2D eigenvalue weighted by Crippen LogP contribution is 2.25. The topological polar surface area (TPSA) is 77.0 Å². The highest BCUT2D eigenvalue weighted by atomic mass is 32.1. The first kappa shape index (κ1) is 17.1. The lowest BCUT2D eigenvalue weighted by Gasteiger charge is -2.28. The lowest BCUT2D eigenvalue weighted by molar-refractivity contribution is 0.0598. The van der Waals surface area contributed by atoms with Gasteiger partial charge in [0.2, 0.25) is 0 Å². The Balaban J connectivity index is 1.63. The van der Waals surface area contributed by atoms with Crippen molar-refractivity contribution in [3.05, 3.63) is 41.7 Å². The summed E-state index contributed by atoms with van der Waals surface area (Å²) < 4.78 is 5.41. The van der Waals surface area contributed by atoms with Gasteiger partial charge in [-0.05, 0) is 31.7 Å². The minimum Gasteiger partial charge on any atom is -0.381 e. The van der Waals surface area contributed by atoms with Crippen molar-refractivity contribution in [2.75, 3.05) is 7.11 Å². The molecule has 0 radical (unpaired) electrons. The quantitative estimate of drug-likeness (QED) is 0.763. The number of para-hydroxylation sites is 1. The third kappa shape index (κ3) is 3.45.